The summed E-state index contributed by atoms with van der Waals surface area (Å²) in [5.74, 6) is -1.77. The molecular formula is C15H19BrN2O7. The fourth-order valence-corrected chi connectivity index (χ4v) is 2.85. The summed E-state index contributed by atoms with van der Waals surface area (Å²) >= 11 is 3.37. The number of aliphatic hydroxyl groups is 2. The van der Waals surface area contributed by atoms with Gasteiger partial charge in [0.2, 0.25) is 0 Å². The van der Waals surface area contributed by atoms with Crippen molar-refractivity contribution in [3.63, 3.8) is 0 Å². The van der Waals surface area contributed by atoms with Gasteiger partial charge in [0.05, 0.1) is 6.20 Å². The molecule has 0 radical (unpaired) electrons. The second-order valence-corrected chi connectivity index (χ2v) is 6.83. The van der Waals surface area contributed by atoms with Crippen molar-refractivity contribution in [3.8, 4) is 5.75 Å². The number of carboxylic acids is 2. The molecule has 1 aromatic rings. The van der Waals surface area contributed by atoms with E-state index in [2.05, 4.69) is 26.2 Å². The summed E-state index contributed by atoms with van der Waals surface area (Å²) in [6.07, 6.45) is 1.62. The van der Waals surface area contributed by atoms with E-state index in [-0.39, 0.29) is 0 Å². The quantitative estimate of drug-likeness (QED) is 0.424. The van der Waals surface area contributed by atoms with Gasteiger partial charge in [-0.05, 0) is 40.8 Å². The zero-order valence-electron chi connectivity index (χ0n) is 13.1. The Labute approximate surface area is 151 Å². The van der Waals surface area contributed by atoms with E-state index >= 15 is 0 Å². The van der Waals surface area contributed by atoms with Crippen LogP contribution < -0.4 is 10.1 Å². The zero-order chi connectivity index (χ0) is 18.6. The molecule has 2 fully saturated rings. The summed E-state index contributed by atoms with van der Waals surface area (Å²) in [4.78, 5) is 23.6. The van der Waals surface area contributed by atoms with Crippen molar-refractivity contribution in [2.45, 2.75) is 37.1 Å². The van der Waals surface area contributed by atoms with E-state index in [1.54, 1.807) is 12.4 Å². The third-order valence-corrected chi connectivity index (χ3v) is 4.33. The second-order valence-electron chi connectivity index (χ2n) is 5.92. The number of piperidine rings is 1. The Hall–Kier alpha value is -1.75. The summed E-state index contributed by atoms with van der Waals surface area (Å²) in [6, 6.07) is 3.27. The Bertz CT molecular complexity index is 602. The predicted octanol–water partition coefficient (Wildman–Crippen LogP) is -0.149. The summed E-state index contributed by atoms with van der Waals surface area (Å²) in [5, 5.41) is 36.1. The molecule has 1 saturated carbocycles. The number of hydrogen-bond acceptors (Lipinski definition) is 7. The molecule has 0 bridgehead atoms. The maximum atomic E-state index is 9.77. The summed E-state index contributed by atoms with van der Waals surface area (Å²) in [6.45, 7) is 0.755. The van der Waals surface area contributed by atoms with Gasteiger partial charge >= 0.3 is 11.9 Å². The Morgan fingerprint density at radius 1 is 1.24 bits per heavy atom. The number of halogens is 1. The van der Waals surface area contributed by atoms with E-state index in [0.29, 0.717) is 6.04 Å². The first-order valence-electron chi connectivity index (χ1n) is 7.59. The molecule has 1 aromatic heterocycles. The van der Waals surface area contributed by atoms with Crippen LogP contribution in [0.1, 0.15) is 12.8 Å². The molecule has 138 valence electrons. The Morgan fingerprint density at radius 3 is 2.36 bits per heavy atom. The van der Waals surface area contributed by atoms with Crippen LogP contribution in [0.3, 0.4) is 0 Å². The minimum absolute atomic E-state index is 0.535. The van der Waals surface area contributed by atoms with E-state index in [1.165, 1.54) is 12.8 Å². The highest BCUT2D eigenvalue weighted by Gasteiger charge is 2.45. The number of fused-ring (bicyclic) bond motifs is 1. The number of ether oxygens (including phenoxy) is 1. The topological polar surface area (TPSA) is 149 Å². The van der Waals surface area contributed by atoms with Gasteiger partial charge in [-0.2, -0.15) is 0 Å². The molecule has 0 amide bonds. The molecule has 1 saturated heterocycles. The largest absolute Gasteiger partial charge is 0.490 e. The van der Waals surface area contributed by atoms with Gasteiger partial charge in [0.25, 0.3) is 0 Å². The molecule has 1 aliphatic carbocycles. The van der Waals surface area contributed by atoms with Crippen LogP contribution in [-0.2, 0) is 9.59 Å². The van der Waals surface area contributed by atoms with Crippen molar-refractivity contribution < 1.29 is 34.8 Å². The number of carboxylic acid groups (broad SMARTS) is 2. The highest BCUT2D eigenvalue weighted by atomic mass is 79.9. The van der Waals surface area contributed by atoms with E-state index < -0.39 is 24.1 Å². The minimum Gasteiger partial charge on any atom is -0.490 e. The van der Waals surface area contributed by atoms with Crippen LogP contribution in [0.5, 0.6) is 5.75 Å². The molecule has 10 heteroatoms. The number of carbonyl (C=O) groups is 2. The van der Waals surface area contributed by atoms with Gasteiger partial charge in [-0.25, -0.2) is 9.59 Å². The molecule has 0 spiro atoms. The molecule has 25 heavy (non-hydrogen) atoms. The minimum atomic E-state index is -2.27. The highest BCUT2D eigenvalue weighted by molar-refractivity contribution is 9.10. The number of pyridine rings is 1. The van der Waals surface area contributed by atoms with Crippen LogP contribution in [-0.4, -0.2) is 68.2 Å². The smallest absolute Gasteiger partial charge is 0.335 e. The Morgan fingerprint density at radius 2 is 1.88 bits per heavy atom. The van der Waals surface area contributed by atoms with Crippen molar-refractivity contribution in [1.82, 2.24) is 10.3 Å². The first-order valence-corrected chi connectivity index (χ1v) is 8.38. The third-order valence-electron chi connectivity index (χ3n) is 3.90. The van der Waals surface area contributed by atoms with Gasteiger partial charge in [-0.1, -0.05) is 0 Å². The van der Waals surface area contributed by atoms with Crippen molar-refractivity contribution in [1.29, 1.82) is 0 Å². The van der Waals surface area contributed by atoms with Crippen molar-refractivity contribution in [2.24, 2.45) is 5.92 Å². The monoisotopic (exact) mass is 418 g/mol. The average molecular weight is 419 g/mol. The lowest BCUT2D eigenvalue weighted by atomic mass is 10.2. The molecule has 2 aliphatic rings. The molecule has 1 aliphatic heterocycles. The lowest BCUT2D eigenvalue weighted by molar-refractivity contribution is -0.165. The molecular weight excluding hydrogens is 400 g/mol. The molecule has 3 rings (SSSR count). The first-order chi connectivity index (χ1) is 11.8. The first kappa shape index (κ1) is 19.6. The van der Waals surface area contributed by atoms with Gasteiger partial charge < -0.3 is 30.5 Å². The Kier molecular flexibility index (Phi) is 6.71. The average Bonchev–Trinajstić information content (AvgIpc) is 3.18. The maximum absolute atomic E-state index is 9.77. The number of hydrogen-bond donors (Lipinski definition) is 5. The lowest BCUT2D eigenvalue weighted by Gasteiger charge is -2.14. The predicted molar refractivity (Wildman–Crippen MR) is 88.2 cm³/mol. The van der Waals surface area contributed by atoms with Crippen LogP contribution in [0, 0.1) is 5.92 Å². The SMILES string of the molecule is Brc1cncc(OCC2CC3CC3N2)c1.O=C(O)C(O)C(O)C(=O)O. The van der Waals surface area contributed by atoms with E-state index in [9.17, 15) is 9.59 Å². The number of nitrogens with zero attached hydrogens (tertiary/aromatic N) is 1. The number of nitrogens with one attached hydrogen (secondary N) is 1. The third kappa shape index (κ3) is 5.92. The molecule has 9 nitrogen and oxygen atoms in total. The summed E-state index contributed by atoms with van der Waals surface area (Å²) < 4.78 is 6.65. The lowest BCUT2D eigenvalue weighted by Crippen LogP contribution is -2.39. The van der Waals surface area contributed by atoms with Gasteiger partial charge in [0.15, 0.2) is 12.2 Å². The molecule has 5 N–H and O–H groups in total. The molecule has 0 aromatic carbocycles. The van der Waals surface area contributed by atoms with E-state index in [4.69, 9.17) is 25.2 Å². The fraction of sp³-hybridized carbons (Fsp3) is 0.533. The van der Waals surface area contributed by atoms with Crippen molar-refractivity contribution >= 4 is 27.9 Å². The van der Waals surface area contributed by atoms with Crippen LogP contribution in [0.2, 0.25) is 0 Å². The van der Waals surface area contributed by atoms with Crippen LogP contribution in [0.4, 0.5) is 0 Å². The number of aliphatic carboxylic acids is 2. The number of aliphatic hydroxyl groups excluding tert-OH is 2. The normalized spacial score (nSPS) is 25.8. The number of rotatable bonds is 6. The van der Waals surface area contributed by atoms with Gasteiger partial charge in [-0.15, -0.1) is 0 Å². The molecule has 2 heterocycles. The van der Waals surface area contributed by atoms with E-state index in [1.807, 2.05) is 6.07 Å². The van der Waals surface area contributed by atoms with Crippen molar-refractivity contribution in [3.05, 3.63) is 22.9 Å². The van der Waals surface area contributed by atoms with Crippen LogP contribution in [0.25, 0.3) is 0 Å². The Balaban J connectivity index is 0.000000199. The second kappa shape index (κ2) is 8.56. The fourth-order valence-electron chi connectivity index (χ4n) is 2.50. The number of aromatic nitrogens is 1. The highest BCUT2D eigenvalue weighted by Crippen LogP contribution is 2.40. The van der Waals surface area contributed by atoms with Crippen molar-refractivity contribution in [2.75, 3.05) is 6.61 Å². The van der Waals surface area contributed by atoms with Gasteiger partial charge in [-0.3, -0.25) is 4.98 Å². The van der Waals surface area contributed by atoms with E-state index in [0.717, 1.165) is 28.8 Å². The summed E-state index contributed by atoms with van der Waals surface area (Å²) in [7, 11) is 0. The maximum Gasteiger partial charge on any atom is 0.335 e. The van der Waals surface area contributed by atoms with Crippen LogP contribution in [0.15, 0.2) is 22.9 Å². The summed E-state index contributed by atoms with van der Waals surface area (Å²) in [5.41, 5.74) is 0. The van der Waals surface area contributed by atoms with Gasteiger partial charge in [0, 0.05) is 22.8 Å². The molecule has 5 atom stereocenters. The van der Waals surface area contributed by atoms with Crippen LogP contribution >= 0.6 is 15.9 Å². The zero-order valence-corrected chi connectivity index (χ0v) is 14.7. The standard InChI is InChI=1S/C11H13BrN2O.C4H6O6/c12-8-3-10(5-13-4-8)15-6-9-1-7-2-11(7)14-9;5-1(3(7)8)2(6)4(9)10/h3-5,7,9,11,14H,1-2,6H2;1-2,5-6H,(H,7,8)(H,9,10). The molecule has 5 unspecified atom stereocenters. The van der Waals surface area contributed by atoms with Gasteiger partial charge in [0.1, 0.15) is 12.4 Å².